The van der Waals surface area contributed by atoms with E-state index in [0.717, 1.165) is 5.57 Å². The monoisotopic (exact) mass is 251 g/mol. The van der Waals surface area contributed by atoms with E-state index in [1.807, 2.05) is 25.2 Å². The fourth-order valence-electron chi connectivity index (χ4n) is 1.37. The van der Waals surface area contributed by atoms with E-state index in [1.165, 1.54) is 7.11 Å². The molecule has 4 nitrogen and oxygen atoms in total. The Morgan fingerprint density at radius 3 is 2.56 bits per heavy atom. The fraction of sp³-hybridized carbons (Fsp3) is 0.429. The second-order valence-electron chi connectivity index (χ2n) is 3.68. The molecule has 0 aliphatic carbocycles. The number of rotatable bonds is 7. The number of Topliss-reactive ketones (excluding diaryl/α,β-unsaturated/α-hetero) is 1. The molecule has 4 heteroatoms. The first-order valence-electron chi connectivity index (χ1n) is 5.90. The summed E-state index contributed by atoms with van der Waals surface area (Å²) in [6.45, 7) is 7.36. The first-order chi connectivity index (χ1) is 8.58. The van der Waals surface area contributed by atoms with Crippen LogP contribution in [0.3, 0.4) is 0 Å². The van der Waals surface area contributed by atoms with Gasteiger partial charge in [0.15, 0.2) is 5.78 Å². The zero-order chi connectivity index (χ0) is 14.0. The van der Waals surface area contributed by atoms with Gasteiger partial charge in [-0.15, -0.1) is 0 Å². The molecule has 0 bridgehead atoms. The second kappa shape index (κ2) is 9.22. The molecule has 0 radical (unpaired) electrons. The molecule has 0 aromatic heterocycles. The highest BCUT2D eigenvalue weighted by atomic mass is 16.5. The van der Waals surface area contributed by atoms with E-state index in [4.69, 9.17) is 0 Å². The Morgan fingerprint density at radius 2 is 2.11 bits per heavy atom. The van der Waals surface area contributed by atoms with Gasteiger partial charge in [-0.2, -0.15) is 0 Å². The first-order valence-corrected chi connectivity index (χ1v) is 5.90. The maximum atomic E-state index is 11.7. The number of nitrogens with one attached hydrogen (secondary N) is 1. The number of methoxy groups -OCH3 is 1. The highest BCUT2D eigenvalue weighted by Gasteiger charge is 2.19. The molecule has 18 heavy (non-hydrogen) atoms. The summed E-state index contributed by atoms with van der Waals surface area (Å²) in [5, 5.41) is 2.54. The van der Waals surface area contributed by atoms with Crippen LogP contribution >= 0.6 is 0 Å². The Bertz CT molecular complexity index is 356. The van der Waals surface area contributed by atoms with E-state index in [-0.39, 0.29) is 5.78 Å². The molecule has 0 saturated carbocycles. The molecule has 0 aliphatic rings. The van der Waals surface area contributed by atoms with Crippen LogP contribution in [-0.4, -0.2) is 25.0 Å². The van der Waals surface area contributed by atoms with Crippen molar-refractivity contribution in [1.82, 2.24) is 5.32 Å². The Balaban J connectivity index is 4.81. The van der Waals surface area contributed by atoms with Crippen LogP contribution in [0.2, 0.25) is 0 Å². The molecule has 1 N–H and O–H groups in total. The Labute approximate surface area is 108 Å². The lowest BCUT2D eigenvalue weighted by Crippen LogP contribution is -2.40. The van der Waals surface area contributed by atoms with Gasteiger partial charge in [0, 0.05) is 6.42 Å². The van der Waals surface area contributed by atoms with E-state index in [9.17, 15) is 9.59 Å². The largest absolute Gasteiger partial charge is 0.453 e. The van der Waals surface area contributed by atoms with E-state index in [2.05, 4.69) is 16.6 Å². The number of ketones is 1. The van der Waals surface area contributed by atoms with Crippen molar-refractivity contribution in [3.05, 3.63) is 36.5 Å². The molecule has 0 aliphatic heterocycles. The van der Waals surface area contributed by atoms with Crippen LogP contribution in [-0.2, 0) is 9.53 Å². The Kier molecular flexibility index (Phi) is 8.27. The zero-order valence-electron chi connectivity index (χ0n) is 11.2. The normalized spacial score (nSPS) is 13.2. The molecular weight excluding hydrogens is 230 g/mol. The van der Waals surface area contributed by atoms with Crippen LogP contribution in [0.4, 0.5) is 4.79 Å². The van der Waals surface area contributed by atoms with Crippen LogP contribution in [0.5, 0.6) is 0 Å². The summed E-state index contributed by atoms with van der Waals surface area (Å²) in [5.74, 6) is -0.0337. The maximum absolute atomic E-state index is 11.7. The summed E-state index contributed by atoms with van der Waals surface area (Å²) in [6.07, 6.45) is 7.46. The molecule has 0 saturated heterocycles. The Morgan fingerprint density at radius 1 is 1.44 bits per heavy atom. The van der Waals surface area contributed by atoms with Crippen molar-refractivity contribution in [1.29, 1.82) is 0 Å². The fourth-order valence-corrected chi connectivity index (χ4v) is 1.37. The van der Waals surface area contributed by atoms with Gasteiger partial charge in [0.2, 0.25) is 0 Å². The SMILES string of the molecule is C=C/C(=C\C=C/C)C[C@H](NC(=O)OC)C(=O)CC. The van der Waals surface area contributed by atoms with Gasteiger partial charge in [-0.05, 0) is 18.9 Å². The van der Waals surface area contributed by atoms with Crippen molar-refractivity contribution in [3.8, 4) is 0 Å². The maximum Gasteiger partial charge on any atom is 0.407 e. The molecule has 0 unspecified atom stereocenters. The van der Waals surface area contributed by atoms with Crippen molar-refractivity contribution in [3.63, 3.8) is 0 Å². The number of hydrogen-bond donors (Lipinski definition) is 1. The van der Waals surface area contributed by atoms with E-state index >= 15 is 0 Å². The van der Waals surface area contributed by atoms with E-state index in [1.54, 1.807) is 13.0 Å². The average Bonchev–Trinajstić information content (AvgIpc) is 2.40. The second-order valence-corrected chi connectivity index (χ2v) is 3.68. The van der Waals surface area contributed by atoms with Gasteiger partial charge in [0.25, 0.3) is 0 Å². The van der Waals surface area contributed by atoms with Crippen molar-refractivity contribution in [2.45, 2.75) is 32.7 Å². The van der Waals surface area contributed by atoms with E-state index in [0.29, 0.717) is 12.8 Å². The van der Waals surface area contributed by atoms with Gasteiger partial charge in [-0.1, -0.05) is 37.8 Å². The highest BCUT2D eigenvalue weighted by molar-refractivity contribution is 5.87. The summed E-state index contributed by atoms with van der Waals surface area (Å²) in [7, 11) is 1.27. The molecular formula is C14H21NO3. The third-order valence-electron chi connectivity index (χ3n) is 2.42. The van der Waals surface area contributed by atoms with Gasteiger partial charge in [0.1, 0.15) is 0 Å². The minimum atomic E-state index is -0.601. The average molecular weight is 251 g/mol. The molecule has 100 valence electrons. The number of ether oxygens (including phenoxy) is 1. The van der Waals surface area contributed by atoms with Crippen LogP contribution in [0.15, 0.2) is 36.5 Å². The molecule has 0 aromatic rings. The topological polar surface area (TPSA) is 55.4 Å². The third kappa shape index (κ3) is 6.03. The van der Waals surface area contributed by atoms with Gasteiger partial charge < -0.3 is 10.1 Å². The highest BCUT2D eigenvalue weighted by Crippen LogP contribution is 2.10. The van der Waals surface area contributed by atoms with Crippen molar-refractivity contribution >= 4 is 11.9 Å². The van der Waals surface area contributed by atoms with Crippen molar-refractivity contribution in [2.24, 2.45) is 0 Å². The molecule has 0 fully saturated rings. The lowest BCUT2D eigenvalue weighted by Gasteiger charge is -2.16. The van der Waals surface area contributed by atoms with Gasteiger partial charge >= 0.3 is 6.09 Å². The third-order valence-corrected chi connectivity index (χ3v) is 2.42. The van der Waals surface area contributed by atoms with Gasteiger partial charge in [-0.25, -0.2) is 4.79 Å². The number of carbonyl (C=O) groups is 2. The molecule has 0 rings (SSSR count). The predicted octanol–water partition coefficient (Wildman–Crippen LogP) is 2.77. The van der Waals surface area contributed by atoms with Crippen molar-refractivity contribution in [2.75, 3.05) is 7.11 Å². The minimum absolute atomic E-state index is 0.0337. The summed E-state index contributed by atoms with van der Waals surface area (Å²) in [5.41, 5.74) is 0.885. The van der Waals surface area contributed by atoms with Crippen LogP contribution in [0.25, 0.3) is 0 Å². The van der Waals surface area contributed by atoms with Gasteiger partial charge in [0.05, 0.1) is 13.2 Å². The number of carbonyl (C=O) groups excluding carboxylic acids is 2. The smallest absolute Gasteiger partial charge is 0.407 e. The van der Waals surface area contributed by atoms with Gasteiger partial charge in [-0.3, -0.25) is 4.79 Å². The van der Waals surface area contributed by atoms with Crippen LogP contribution in [0.1, 0.15) is 26.7 Å². The summed E-state index contributed by atoms with van der Waals surface area (Å²) < 4.78 is 4.51. The molecule has 0 heterocycles. The van der Waals surface area contributed by atoms with Crippen LogP contribution in [0, 0.1) is 0 Å². The molecule has 1 amide bonds. The summed E-state index contributed by atoms with van der Waals surface area (Å²) in [6, 6.07) is -0.572. The lowest BCUT2D eigenvalue weighted by atomic mass is 10.0. The number of hydrogen-bond acceptors (Lipinski definition) is 3. The summed E-state index contributed by atoms with van der Waals surface area (Å²) >= 11 is 0. The molecule has 0 spiro atoms. The van der Waals surface area contributed by atoms with Crippen LogP contribution < -0.4 is 5.32 Å². The molecule has 1 atom stereocenters. The number of allylic oxidation sites excluding steroid dienone is 4. The lowest BCUT2D eigenvalue weighted by molar-refractivity contribution is -0.120. The predicted molar refractivity (Wildman–Crippen MR) is 72.3 cm³/mol. The standard InChI is InChI=1S/C14H21NO3/c1-5-8-9-11(6-2)10-12(13(16)7-3)15-14(17)18-4/h5-6,8-9,12H,2,7,10H2,1,3-4H3,(H,15,17)/b8-5-,11-9+/t12-/m0/s1. The van der Waals surface area contributed by atoms with E-state index < -0.39 is 12.1 Å². The number of alkyl carbamates (subject to hydrolysis) is 1. The molecule has 0 aromatic carbocycles. The van der Waals surface area contributed by atoms with Crippen molar-refractivity contribution < 1.29 is 14.3 Å². The zero-order valence-corrected chi connectivity index (χ0v) is 11.2. The number of amides is 1. The quantitative estimate of drug-likeness (QED) is 0.708. The minimum Gasteiger partial charge on any atom is -0.453 e. The Hall–Kier alpha value is -1.84. The first kappa shape index (κ1) is 16.2. The summed E-state index contributed by atoms with van der Waals surface area (Å²) in [4.78, 5) is 22.9.